The number of aromatic nitrogens is 1. The van der Waals surface area contributed by atoms with Crippen LogP contribution in [0.1, 0.15) is 59.9 Å². The third kappa shape index (κ3) is 8.93. The molecule has 174 valence electrons. The highest BCUT2D eigenvalue weighted by molar-refractivity contribution is 5.74. The molecule has 2 atom stereocenters. The summed E-state index contributed by atoms with van der Waals surface area (Å²) in [6.45, 7) is 16.6. The Morgan fingerprint density at radius 2 is 2.06 bits per heavy atom. The Bertz CT molecular complexity index is 902. The van der Waals surface area contributed by atoms with E-state index >= 15 is 0 Å². The topological polar surface area (TPSA) is 85.1 Å². The number of hydrogen-bond acceptors (Lipinski definition) is 6. The molecule has 0 fully saturated rings. The summed E-state index contributed by atoms with van der Waals surface area (Å²) in [5.74, 6) is -0.201. The Morgan fingerprint density at radius 3 is 2.59 bits per heavy atom. The Morgan fingerprint density at radius 1 is 1.38 bits per heavy atom. The minimum Gasteiger partial charge on any atom is -0.384 e. The summed E-state index contributed by atoms with van der Waals surface area (Å²) in [7, 11) is 1.67. The molecule has 1 unspecified atom stereocenters. The zero-order chi connectivity index (χ0) is 24.3. The highest BCUT2D eigenvalue weighted by atomic mass is 19.1. The molecule has 0 bridgehead atoms. The van der Waals surface area contributed by atoms with Crippen molar-refractivity contribution in [3.05, 3.63) is 53.6 Å². The molecule has 1 aromatic heterocycles. The van der Waals surface area contributed by atoms with E-state index in [-0.39, 0.29) is 34.7 Å². The van der Waals surface area contributed by atoms with Gasteiger partial charge in [0.1, 0.15) is 6.07 Å². The summed E-state index contributed by atoms with van der Waals surface area (Å²) in [5, 5.41) is 19.2. The molecular formula is C25H37FN6. The van der Waals surface area contributed by atoms with Crippen molar-refractivity contribution in [3.63, 3.8) is 0 Å². The fourth-order valence-corrected chi connectivity index (χ4v) is 3.25. The number of nitriles is 1. The lowest BCUT2D eigenvalue weighted by molar-refractivity contribution is 0.385. The summed E-state index contributed by atoms with van der Waals surface area (Å²) in [6.07, 6.45) is 8.64. The van der Waals surface area contributed by atoms with Crippen molar-refractivity contribution in [2.24, 2.45) is 10.4 Å². The molecular weight excluding hydrogens is 403 g/mol. The lowest BCUT2D eigenvalue weighted by Crippen LogP contribution is -2.42. The molecule has 0 aliphatic rings. The Balaban J connectivity index is 3.14. The SMILES string of the molecule is C=C(CC(C)(C)C)N[C@@H](C)C(CC)Nc1nc(NC(/C=C/C)=C/C=NC)c(C#N)cc1F. The van der Waals surface area contributed by atoms with Gasteiger partial charge < -0.3 is 16.0 Å². The highest BCUT2D eigenvalue weighted by Crippen LogP contribution is 2.24. The summed E-state index contributed by atoms with van der Waals surface area (Å²) < 4.78 is 14.8. The number of hydrogen-bond donors (Lipinski definition) is 3. The molecule has 0 radical (unpaired) electrons. The minimum atomic E-state index is -0.571. The number of nitrogens with one attached hydrogen (secondary N) is 3. The van der Waals surface area contributed by atoms with Crippen molar-refractivity contribution in [2.45, 2.75) is 66.5 Å². The van der Waals surface area contributed by atoms with Gasteiger partial charge in [0, 0.05) is 36.7 Å². The third-order valence-corrected chi connectivity index (χ3v) is 4.65. The molecule has 6 nitrogen and oxygen atoms in total. The molecule has 0 saturated carbocycles. The molecule has 0 spiro atoms. The van der Waals surface area contributed by atoms with Gasteiger partial charge in [-0.3, -0.25) is 4.99 Å². The summed E-state index contributed by atoms with van der Waals surface area (Å²) in [4.78, 5) is 8.33. The van der Waals surface area contributed by atoms with E-state index in [1.165, 1.54) is 6.07 Å². The second kappa shape index (κ2) is 12.7. The largest absolute Gasteiger partial charge is 0.384 e. The lowest BCUT2D eigenvalue weighted by Gasteiger charge is -2.29. The fraction of sp³-hybridized carbons (Fsp3) is 0.480. The minimum absolute atomic E-state index is 0.00218. The maximum Gasteiger partial charge on any atom is 0.166 e. The first-order valence-corrected chi connectivity index (χ1v) is 10.9. The predicted molar refractivity (Wildman–Crippen MR) is 133 cm³/mol. The van der Waals surface area contributed by atoms with Gasteiger partial charge in [-0.1, -0.05) is 40.3 Å². The number of anilines is 2. The van der Waals surface area contributed by atoms with Crippen LogP contribution in [0.5, 0.6) is 0 Å². The molecule has 32 heavy (non-hydrogen) atoms. The van der Waals surface area contributed by atoms with Crippen molar-refractivity contribution in [1.29, 1.82) is 5.26 Å². The van der Waals surface area contributed by atoms with E-state index in [9.17, 15) is 9.65 Å². The average Bonchev–Trinajstić information content (AvgIpc) is 2.70. The second-order valence-corrected chi connectivity index (χ2v) is 8.91. The summed E-state index contributed by atoms with van der Waals surface area (Å²) in [6, 6.07) is 3.11. The molecule has 1 heterocycles. The van der Waals surface area contributed by atoms with E-state index < -0.39 is 5.82 Å². The first-order valence-electron chi connectivity index (χ1n) is 10.9. The number of rotatable bonds is 11. The van der Waals surface area contributed by atoms with Gasteiger partial charge in [-0.25, -0.2) is 9.37 Å². The monoisotopic (exact) mass is 440 g/mol. The smallest absolute Gasteiger partial charge is 0.166 e. The standard InChI is InChI=1S/C25H37FN6/c1-9-11-20(12-13-28-8)30-23-19(16-27)14-21(26)24(32-23)31-22(10-2)18(4)29-17(3)15-25(5,6)7/h9,11-14,18,22,29H,3,10,15H2,1-2,4-8H3,(H2,30,31,32)/b11-9+,20-12+,28-13?/t18-,22?/m0/s1. The third-order valence-electron chi connectivity index (χ3n) is 4.65. The van der Waals surface area contributed by atoms with Crippen LogP contribution in [0.2, 0.25) is 0 Å². The molecule has 0 amide bonds. The number of halogens is 1. The van der Waals surface area contributed by atoms with E-state index in [4.69, 9.17) is 0 Å². The molecule has 0 aromatic carbocycles. The van der Waals surface area contributed by atoms with Crippen LogP contribution >= 0.6 is 0 Å². The molecule has 3 N–H and O–H groups in total. The zero-order valence-corrected chi connectivity index (χ0v) is 20.4. The van der Waals surface area contributed by atoms with E-state index in [1.54, 1.807) is 19.3 Å². The molecule has 1 rings (SSSR count). The zero-order valence-electron chi connectivity index (χ0n) is 20.4. The molecule has 0 saturated heterocycles. The van der Waals surface area contributed by atoms with Crippen LogP contribution < -0.4 is 16.0 Å². The molecule has 1 aromatic rings. The van der Waals surface area contributed by atoms with Crippen molar-refractivity contribution in [2.75, 3.05) is 17.7 Å². The molecule has 0 aliphatic heterocycles. The van der Waals surface area contributed by atoms with Crippen molar-refractivity contribution in [1.82, 2.24) is 10.3 Å². The Hall–Kier alpha value is -3.14. The summed E-state index contributed by atoms with van der Waals surface area (Å²) >= 11 is 0. The van der Waals surface area contributed by atoms with Crippen LogP contribution in [0.15, 0.2) is 47.3 Å². The number of pyridine rings is 1. The van der Waals surface area contributed by atoms with Crippen molar-refractivity contribution in [3.8, 4) is 6.07 Å². The predicted octanol–water partition coefficient (Wildman–Crippen LogP) is 5.78. The maximum absolute atomic E-state index is 14.8. The van der Waals surface area contributed by atoms with Gasteiger partial charge in [0.25, 0.3) is 0 Å². The van der Waals surface area contributed by atoms with Gasteiger partial charge in [0.15, 0.2) is 17.5 Å². The van der Waals surface area contributed by atoms with E-state index in [0.717, 1.165) is 18.5 Å². The normalized spacial score (nSPS) is 14.3. The quantitative estimate of drug-likeness (QED) is 0.300. The van der Waals surface area contributed by atoms with Gasteiger partial charge in [0.2, 0.25) is 0 Å². The first-order chi connectivity index (χ1) is 15.0. The average molecular weight is 441 g/mol. The Kier molecular flexibility index (Phi) is 10.6. The van der Waals surface area contributed by atoms with E-state index in [2.05, 4.69) is 53.3 Å². The van der Waals surface area contributed by atoms with Gasteiger partial charge in [-0.15, -0.1) is 0 Å². The number of nitrogens with zero attached hydrogens (tertiary/aromatic N) is 3. The van der Waals surface area contributed by atoms with Crippen molar-refractivity contribution >= 4 is 17.9 Å². The molecule has 0 aliphatic carbocycles. The molecule has 7 heteroatoms. The fourth-order valence-electron chi connectivity index (χ4n) is 3.25. The highest BCUT2D eigenvalue weighted by Gasteiger charge is 2.21. The number of aliphatic imine (C=N–C) groups is 1. The van der Waals surface area contributed by atoms with Crippen LogP contribution in [0.4, 0.5) is 16.0 Å². The first kappa shape index (κ1) is 26.9. The van der Waals surface area contributed by atoms with Crippen LogP contribution in [0.3, 0.4) is 0 Å². The van der Waals surface area contributed by atoms with Gasteiger partial charge in [-0.05, 0) is 50.3 Å². The van der Waals surface area contributed by atoms with Crippen LogP contribution in [-0.4, -0.2) is 30.3 Å². The summed E-state index contributed by atoms with van der Waals surface area (Å²) in [5.41, 5.74) is 1.87. The van der Waals surface area contributed by atoms with Crippen LogP contribution in [0, 0.1) is 22.6 Å². The van der Waals surface area contributed by atoms with Gasteiger partial charge in [-0.2, -0.15) is 5.26 Å². The van der Waals surface area contributed by atoms with Crippen LogP contribution in [-0.2, 0) is 0 Å². The van der Waals surface area contributed by atoms with Crippen LogP contribution in [0.25, 0.3) is 0 Å². The van der Waals surface area contributed by atoms with Gasteiger partial charge in [0.05, 0.1) is 5.56 Å². The van der Waals surface area contributed by atoms with E-state index in [1.807, 2.05) is 39.0 Å². The maximum atomic E-state index is 14.8. The lowest BCUT2D eigenvalue weighted by atomic mass is 9.90. The Labute approximate surface area is 192 Å². The van der Waals surface area contributed by atoms with E-state index in [0.29, 0.717) is 5.70 Å². The number of allylic oxidation sites excluding steroid dienone is 4. The van der Waals surface area contributed by atoms with Gasteiger partial charge >= 0.3 is 0 Å². The van der Waals surface area contributed by atoms with Crippen molar-refractivity contribution < 1.29 is 4.39 Å². The second-order valence-electron chi connectivity index (χ2n) is 8.91.